The molecule has 0 unspecified atom stereocenters. The lowest BCUT2D eigenvalue weighted by molar-refractivity contribution is 0.0993. The Hall–Kier alpha value is -2.37. The Morgan fingerprint density at radius 2 is 1.70 bits per heavy atom. The van der Waals surface area contributed by atoms with Gasteiger partial charge in [0.1, 0.15) is 9.84 Å². The summed E-state index contributed by atoms with van der Waals surface area (Å²) in [7, 11) is 0. The van der Waals surface area contributed by atoms with Crippen LogP contribution >= 0.6 is 22.7 Å². The van der Waals surface area contributed by atoms with E-state index < -0.39 is 0 Å². The molecule has 2 aromatic heterocycles. The highest BCUT2D eigenvalue weighted by molar-refractivity contribution is 7.26. The molecular weight excluding hydrogens is 326 g/mol. The molecule has 0 aliphatic rings. The molecule has 5 heteroatoms. The highest BCUT2D eigenvalue weighted by Crippen LogP contribution is 2.31. The Kier molecular flexibility index (Phi) is 3.52. The van der Waals surface area contributed by atoms with Gasteiger partial charge < -0.3 is 0 Å². The predicted octanol–water partition coefficient (Wildman–Crippen LogP) is 4.30. The normalized spacial score (nSPS) is 11.1. The molecule has 0 bridgehead atoms. The van der Waals surface area contributed by atoms with Crippen molar-refractivity contribution in [1.82, 2.24) is 4.98 Å². The van der Waals surface area contributed by atoms with Crippen LogP contribution in [0.1, 0.15) is 15.4 Å². The Morgan fingerprint density at radius 1 is 0.957 bits per heavy atom. The number of benzene rings is 2. The first-order chi connectivity index (χ1) is 11.2. The van der Waals surface area contributed by atoms with Gasteiger partial charge in [-0.1, -0.05) is 59.9 Å². The number of hydrogen-bond donors (Lipinski definition) is 0. The van der Waals surface area contributed by atoms with E-state index in [1.165, 1.54) is 11.3 Å². The zero-order valence-corrected chi connectivity index (χ0v) is 13.6. The summed E-state index contributed by atoms with van der Waals surface area (Å²) in [6.07, 6.45) is 0.161. The van der Waals surface area contributed by atoms with Gasteiger partial charge in [-0.3, -0.25) is 9.59 Å². The standard InChI is InChI=1S/C18H11NO2S2/c20-13(11-6-2-1-3-7-11)10-15-19-17-16(18(21)23-15)12-8-4-5-9-14(12)22-17/h1-9H,10H2. The Bertz CT molecular complexity index is 1080. The molecule has 3 nitrogen and oxygen atoms in total. The predicted molar refractivity (Wildman–Crippen MR) is 95.7 cm³/mol. The van der Waals surface area contributed by atoms with Crippen LogP contribution in [0.25, 0.3) is 20.3 Å². The van der Waals surface area contributed by atoms with Crippen molar-refractivity contribution in [1.29, 1.82) is 0 Å². The topological polar surface area (TPSA) is 47.0 Å². The number of nitrogens with zero attached hydrogens (tertiary/aromatic N) is 1. The lowest BCUT2D eigenvalue weighted by atomic mass is 10.1. The molecule has 0 saturated carbocycles. The molecule has 4 rings (SSSR count). The van der Waals surface area contributed by atoms with Crippen molar-refractivity contribution in [2.75, 3.05) is 0 Å². The van der Waals surface area contributed by atoms with Crippen molar-refractivity contribution < 1.29 is 4.79 Å². The average Bonchev–Trinajstić information content (AvgIpc) is 2.94. The summed E-state index contributed by atoms with van der Waals surface area (Å²) in [6.45, 7) is 0. The van der Waals surface area contributed by atoms with Gasteiger partial charge in [-0.15, -0.1) is 11.3 Å². The number of ketones is 1. The quantitative estimate of drug-likeness (QED) is 0.524. The van der Waals surface area contributed by atoms with E-state index in [2.05, 4.69) is 4.98 Å². The molecule has 112 valence electrons. The number of thiophene rings is 1. The van der Waals surface area contributed by atoms with Crippen LogP contribution in [0.15, 0.2) is 59.4 Å². The number of hydrogen-bond acceptors (Lipinski definition) is 5. The summed E-state index contributed by atoms with van der Waals surface area (Å²) in [4.78, 5) is 30.0. The van der Waals surface area contributed by atoms with Crippen LogP contribution < -0.4 is 4.74 Å². The van der Waals surface area contributed by atoms with Gasteiger partial charge in [0.15, 0.2) is 5.78 Å². The number of Topliss-reactive ketones (excluding diaryl/α,β-unsaturated/α-hetero) is 1. The van der Waals surface area contributed by atoms with Crippen LogP contribution in [0.2, 0.25) is 0 Å². The van der Waals surface area contributed by atoms with Crippen LogP contribution in [-0.2, 0) is 6.42 Å². The number of rotatable bonds is 3. The van der Waals surface area contributed by atoms with E-state index in [0.717, 1.165) is 21.4 Å². The van der Waals surface area contributed by atoms with Gasteiger partial charge in [-0.25, -0.2) is 4.98 Å². The minimum absolute atomic E-state index is 0.0192. The number of aromatic nitrogens is 1. The highest BCUT2D eigenvalue weighted by atomic mass is 32.1. The third-order valence-electron chi connectivity index (χ3n) is 3.63. The second-order valence-electron chi connectivity index (χ2n) is 5.14. The van der Waals surface area contributed by atoms with E-state index >= 15 is 0 Å². The van der Waals surface area contributed by atoms with Crippen molar-refractivity contribution in [2.45, 2.75) is 6.42 Å². The van der Waals surface area contributed by atoms with E-state index in [1.54, 1.807) is 12.1 Å². The second kappa shape index (κ2) is 5.68. The Balaban J connectivity index is 1.78. The van der Waals surface area contributed by atoms with E-state index in [9.17, 15) is 9.59 Å². The second-order valence-corrected chi connectivity index (χ2v) is 7.22. The highest BCUT2D eigenvalue weighted by Gasteiger charge is 2.14. The molecule has 0 N–H and O–H groups in total. The van der Waals surface area contributed by atoms with Crippen molar-refractivity contribution in [2.24, 2.45) is 0 Å². The monoisotopic (exact) mass is 337 g/mol. The summed E-state index contributed by atoms with van der Waals surface area (Å²) in [6, 6.07) is 16.9. The Labute approximate surface area is 139 Å². The molecule has 2 heterocycles. The molecule has 2 aromatic carbocycles. The fourth-order valence-corrected chi connectivity index (χ4v) is 4.62. The molecule has 0 radical (unpaired) electrons. The lowest BCUT2D eigenvalue weighted by Crippen LogP contribution is -2.06. The third-order valence-corrected chi connectivity index (χ3v) is 5.55. The fourth-order valence-electron chi connectivity index (χ4n) is 2.54. The largest absolute Gasteiger partial charge is 0.294 e. The van der Waals surface area contributed by atoms with Gasteiger partial charge >= 0.3 is 0 Å². The Morgan fingerprint density at radius 3 is 2.52 bits per heavy atom. The van der Waals surface area contributed by atoms with Crippen molar-refractivity contribution >= 4 is 48.8 Å². The first kappa shape index (κ1) is 14.2. The van der Waals surface area contributed by atoms with Crippen molar-refractivity contribution in [3.05, 3.63) is 74.7 Å². The van der Waals surface area contributed by atoms with Crippen LogP contribution in [0, 0.1) is 0 Å². The van der Waals surface area contributed by atoms with Crippen molar-refractivity contribution in [3.63, 3.8) is 0 Å². The smallest absolute Gasteiger partial charge is 0.244 e. The zero-order chi connectivity index (χ0) is 15.8. The molecule has 0 aliphatic carbocycles. The maximum atomic E-state index is 12.5. The minimum Gasteiger partial charge on any atom is -0.294 e. The molecule has 0 aliphatic heterocycles. The van der Waals surface area contributed by atoms with Gasteiger partial charge in [0, 0.05) is 15.6 Å². The summed E-state index contributed by atoms with van der Waals surface area (Å²) in [5, 5.41) is 2.19. The van der Waals surface area contributed by atoms with Gasteiger partial charge in [-0.2, -0.15) is 0 Å². The summed E-state index contributed by atoms with van der Waals surface area (Å²) in [5.41, 5.74) is 0.644. The minimum atomic E-state index is -0.0247. The molecule has 0 amide bonds. The van der Waals surface area contributed by atoms with Crippen LogP contribution in [-0.4, -0.2) is 10.8 Å². The van der Waals surface area contributed by atoms with E-state index in [0.29, 0.717) is 20.8 Å². The first-order valence-corrected chi connectivity index (χ1v) is 8.75. The SMILES string of the molecule is O=C(Cc1nc2sc3ccccc3c2c(=O)s1)c1ccccc1. The number of carbonyl (C=O) groups is 1. The van der Waals surface area contributed by atoms with Gasteiger partial charge in [-0.05, 0) is 6.07 Å². The maximum Gasteiger partial charge on any atom is 0.244 e. The van der Waals surface area contributed by atoms with Gasteiger partial charge in [0.25, 0.3) is 0 Å². The fraction of sp³-hybridized carbons (Fsp3) is 0.0556. The summed E-state index contributed by atoms with van der Waals surface area (Å²) < 4.78 is 1.02. The van der Waals surface area contributed by atoms with Crippen LogP contribution in [0.4, 0.5) is 0 Å². The molecule has 0 spiro atoms. The van der Waals surface area contributed by atoms with E-state index in [4.69, 9.17) is 0 Å². The van der Waals surface area contributed by atoms with Crippen molar-refractivity contribution in [3.8, 4) is 0 Å². The molecule has 0 fully saturated rings. The summed E-state index contributed by atoms with van der Waals surface area (Å²) >= 11 is 2.57. The van der Waals surface area contributed by atoms with Crippen LogP contribution in [0.5, 0.6) is 0 Å². The maximum absolute atomic E-state index is 12.5. The van der Waals surface area contributed by atoms with E-state index in [1.807, 2.05) is 42.5 Å². The number of fused-ring (bicyclic) bond motifs is 3. The number of carbonyl (C=O) groups excluding carboxylic acids is 1. The van der Waals surface area contributed by atoms with E-state index in [-0.39, 0.29) is 16.9 Å². The molecular formula is C18H11NO2S2. The first-order valence-electron chi connectivity index (χ1n) is 7.12. The molecule has 0 atom stereocenters. The summed E-state index contributed by atoms with van der Waals surface area (Å²) in [5.74, 6) is -0.0192. The van der Waals surface area contributed by atoms with Gasteiger partial charge in [0.2, 0.25) is 4.74 Å². The van der Waals surface area contributed by atoms with Gasteiger partial charge in [0.05, 0.1) is 11.8 Å². The molecule has 23 heavy (non-hydrogen) atoms. The molecule has 0 saturated heterocycles. The molecule has 4 aromatic rings. The zero-order valence-electron chi connectivity index (χ0n) is 12.0. The van der Waals surface area contributed by atoms with Crippen LogP contribution in [0.3, 0.4) is 0 Å². The third kappa shape index (κ3) is 2.58. The lowest BCUT2D eigenvalue weighted by Gasteiger charge is -2.00. The average molecular weight is 337 g/mol.